The summed E-state index contributed by atoms with van der Waals surface area (Å²) in [5.74, 6) is 0.547. The van der Waals surface area contributed by atoms with Crippen LogP contribution < -0.4 is 0 Å². The van der Waals surface area contributed by atoms with E-state index in [4.69, 9.17) is 0 Å². The Bertz CT molecular complexity index is 1550. The number of allylic oxidation sites excluding steroid dienone is 2. The van der Waals surface area contributed by atoms with Crippen molar-refractivity contribution < 1.29 is 43.2 Å². The number of halogens is 3. The first-order chi connectivity index (χ1) is 20.4. The van der Waals surface area contributed by atoms with Crippen LogP contribution in [0.2, 0.25) is 0 Å². The maximum Gasteiger partial charge on any atom is 0.389 e. The maximum absolute atomic E-state index is 12.7. The molecule has 0 spiro atoms. The summed E-state index contributed by atoms with van der Waals surface area (Å²) in [4.78, 5) is 16.3. The van der Waals surface area contributed by atoms with E-state index in [-0.39, 0.29) is 49.9 Å². The van der Waals surface area contributed by atoms with Crippen LogP contribution in [-0.2, 0) is 31.3 Å². The molecule has 1 radical (unpaired) electrons. The monoisotopic (exact) mass is 783 g/mol. The number of aromatic nitrogens is 1. The summed E-state index contributed by atoms with van der Waals surface area (Å²) in [6, 6.07) is 18.9. The summed E-state index contributed by atoms with van der Waals surface area (Å²) in [5, 5.41) is 13.5. The van der Waals surface area contributed by atoms with Crippen molar-refractivity contribution in [1.82, 2.24) is 4.98 Å². The van der Waals surface area contributed by atoms with Crippen LogP contribution >= 0.6 is 0 Å². The number of fused-ring (bicyclic) bond motifs is 3. The van der Waals surface area contributed by atoms with Crippen LogP contribution in [0.3, 0.4) is 0 Å². The SMILES string of the molecule is CCC(CC)C(=O)/C=C(\O)C(CC)CC.Cc1[c-]c(-c2nccc3c2ccc2c(CCC(F)(F)F)cccc23)cc(C)c1.[Ir]. The van der Waals surface area contributed by atoms with E-state index < -0.39 is 12.6 Å². The molecule has 1 aromatic heterocycles. The Balaban J connectivity index is 0.000000363. The van der Waals surface area contributed by atoms with Gasteiger partial charge in [-0.1, -0.05) is 71.9 Å². The first-order valence-electron chi connectivity index (χ1n) is 15.2. The number of hydrogen-bond acceptors (Lipinski definition) is 3. The van der Waals surface area contributed by atoms with Crippen LogP contribution in [0, 0.1) is 31.7 Å². The number of rotatable bonds is 10. The van der Waals surface area contributed by atoms with Crippen molar-refractivity contribution in [3.8, 4) is 11.3 Å². The molecule has 0 aliphatic rings. The summed E-state index contributed by atoms with van der Waals surface area (Å²) in [5.41, 5.74) is 4.67. The van der Waals surface area contributed by atoms with E-state index in [0.29, 0.717) is 5.56 Å². The number of aryl methyl sites for hydroxylation is 3. The number of benzene rings is 3. The number of carbonyl (C=O) groups is 1. The number of carbonyl (C=O) groups excluding carboxylic acids is 1. The number of nitrogens with zero attached hydrogens (tertiary/aromatic N) is 1. The fourth-order valence-electron chi connectivity index (χ4n) is 5.60. The van der Waals surface area contributed by atoms with Gasteiger partial charge >= 0.3 is 6.18 Å². The minimum Gasteiger partial charge on any atom is -0.512 e. The number of hydrogen-bond donors (Lipinski definition) is 1. The second-order valence-electron chi connectivity index (χ2n) is 11.2. The van der Waals surface area contributed by atoms with Gasteiger partial charge in [-0.25, -0.2) is 0 Å². The average Bonchev–Trinajstić information content (AvgIpc) is 2.96. The molecular weight excluding hydrogens is 740 g/mol. The Morgan fingerprint density at radius 2 is 1.50 bits per heavy atom. The van der Waals surface area contributed by atoms with Crippen LogP contribution in [0.1, 0.15) is 76.5 Å². The number of alkyl halides is 3. The fourth-order valence-corrected chi connectivity index (χ4v) is 5.60. The Morgan fingerprint density at radius 1 is 0.886 bits per heavy atom. The van der Waals surface area contributed by atoms with Crippen molar-refractivity contribution in [3.63, 3.8) is 0 Å². The van der Waals surface area contributed by atoms with Crippen LogP contribution in [-0.4, -0.2) is 22.1 Å². The van der Waals surface area contributed by atoms with Gasteiger partial charge in [-0.3, -0.25) is 4.79 Å². The molecule has 0 aliphatic carbocycles. The Kier molecular flexibility index (Phi) is 14.3. The normalized spacial score (nSPS) is 11.9. The molecule has 239 valence electrons. The predicted octanol–water partition coefficient (Wildman–Crippen LogP) is 10.8. The van der Waals surface area contributed by atoms with Crippen molar-refractivity contribution in [2.75, 3.05) is 0 Å². The largest absolute Gasteiger partial charge is 0.512 e. The summed E-state index contributed by atoms with van der Waals surface area (Å²) in [6.45, 7) is 12.1. The van der Waals surface area contributed by atoms with E-state index in [2.05, 4.69) is 23.2 Å². The predicted molar refractivity (Wildman–Crippen MR) is 171 cm³/mol. The molecule has 0 bridgehead atoms. The fraction of sp³-hybridized carbons (Fsp3) is 0.405. The number of aliphatic hydroxyl groups excluding tert-OH is 1. The first kappa shape index (κ1) is 37.2. The van der Waals surface area contributed by atoms with Gasteiger partial charge in [0, 0.05) is 50.6 Å². The topological polar surface area (TPSA) is 50.2 Å². The third-order valence-electron chi connectivity index (χ3n) is 8.06. The van der Waals surface area contributed by atoms with E-state index >= 15 is 0 Å². The molecule has 1 N–H and O–H groups in total. The molecule has 3 aromatic carbocycles. The minimum absolute atomic E-state index is 0. The standard InChI is InChI=1S/C24H19F3N.C13H24O2.Ir/c1-15-12-16(2)14-18(13-15)23-22-7-6-19-17(8-10-24(25,26)27)4-3-5-20(19)21(22)9-11-28-23;1-5-10(6-2)12(14)9-13(15)11(7-3)8-4;/h3-7,9,11-13H,8,10H2,1-2H3;9-11,14H,5-8H2,1-4H3;/q-1;;/b;12-9-;. The Hall–Kier alpha value is -3.02. The van der Waals surface area contributed by atoms with Crippen molar-refractivity contribution in [3.05, 3.63) is 89.3 Å². The molecule has 44 heavy (non-hydrogen) atoms. The van der Waals surface area contributed by atoms with E-state index in [1.165, 1.54) is 6.08 Å². The molecular formula is C37H43F3IrNO2-. The average molecular weight is 783 g/mol. The van der Waals surface area contributed by atoms with E-state index in [1.54, 1.807) is 12.3 Å². The zero-order valence-corrected chi connectivity index (χ0v) is 28.8. The maximum atomic E-state index is 12.7. The van der Waals surface area contributed by atoms with Crippen molar-refractivity contribution in [1.29, 1.82) is 0 Å². The molecule has 3 nitrogen and oxygen atoms in total. The van der Waals surface area contributed by atoms with Gasteiger partial charge in [-0.05, 0) is 71.0 Å². The van der Waals surface area contributed by atoms with Gasteiger partial charge in [0.1, 0.15) is 0 Å². The Morgan fingerprint density at radius 3 is 2.09 bits per heavy atom. The number of aliphatic hydroxyl groups is 1. The van der Waals surface area contributed by atoms with Crippen molar-refractivity contribution >= 4 is 27.3 Å². The third kappa shape index (κ3) is 9.74. The molecule has 4 aromatic rings. The van der Waals surface area contributed by atoms with E-state index in [9.17, 15) is 23.1 Å². The molecule has 4 rings (SSSR count). The number of pyridine rings is 1. The van der Waals surface area contributed by atoms with Gasteiger partial charge in [-0.2, -0.15) is 13.2 Å². The summed E-state index contributed by atoms with van der Waals surface area (Å²) in [6.07, 6.45) is 1.67. The van der Waals surface area contributed by atoms with Crippen LogP contribution in [0.25, 0.3) is 32.8 Å². The van der Waals surface area contributed by atoms with E-state index in [1.807, 2.05) is 71.9 Å². The van der Waals surface area contributed by atoms with Crippen LogP contribution in [0.5, 0.6) is 0 Å². The Labute approximate surface area is 273 Å². The third-order valence-corrected chi connectivity index (χ3v) is 8.06. The molecule has 0 atom stereocenters. The molecule has 0 amide bonds. The van der Waals surface area contributed by atoms with Gasteiger partial charge in [0.2, 0.25) is 0 Å². The second kappa shape index (κ2) is 16.9. The van der Waals surface area contributed by atoms with Crippen LogP contribution in [0.4, 0.5) is 13.2 Å². The quantitative estimate of drug-likeness (QED) is 0.0754. The zero-order valence-electron chi connectivity index (χ0n) is 26.4. The molecule has 0 aliphatic heterocycles. The summed E-state index contributed by atoms with van der Waals surface area (Å²) >= 11 is 0. The summed E-state index contributed by atoms with van der Waals surface area (Å²) < 4.78 is 38.1. The zero-order chi connectivity index (χ0) is 31.7. The molecule has 0 saturated carbocycles. The van der Waals surface area contributed by atoms with Gasteiger partial charge < -0.3 is 10.1 Å². The van der Waals surface area contributed by atoms with Crippen LogP contribution in [0.15, 0.2) is 66.6 Å². The number of ketones is 1. The van der Waals surface area contributed by atoms with Crippen molar-refractivity contribution in [2.45, 2.75) is 86.2 Å². The van der Waals surface area contributed by atoms with Gasteiger partial charge in [0.15, 0.2) is 5.78 Å². The molecule has 7 heteroatoms. The first-order valence-corrected chi connectivity index (χ1v) is 15.2. The smallest absolute Gasteiger partial charge is 0.389 e. The molecule has 0 saturated heterocycles. The second-order valence-corrected chi connectivity index (χ2v) is 11.2. The van der Waals surface area contributed by atoms with Gasteiger partial charge in [0.25, 0.3) is 0 Å². The van der Waals surface area contributed by atoms with Gasteiger partial charge in [0.05, 0.1) is 5.76 Å². The molecule has 1 heterocycles. The van der Waals surface area contributed by atoms with E-state index in [0.717, 1.165) is 69.6 Å². The molecule has 0 unspecified atom stereocenters. The summed E-state index contributed by atoms with van der Waals surface area (Å²) in [7, 11) is 0. The molecule has 0 fully saturated rings. The minimum atomic E-state index is -4.16. The van der Waals surface area contributed by atoms with Crippen molar-refractivity contribution in [2.24, 2.45) is 11.8 Å². The van der Waals surface area contributed by atoms with Gasteiger partial charge in [-0.15, -0.1) is 34.9 Å².